The molecule has 0 aliphatic carbocycles. The van der Waals surface area contributed by atoms with Gasteiger partial charge in [0.2, 0.25) is 0 Å². The molecular formula is C29H29F3N2O3. The van der Waals surface area contributed by atoms with E-state index in [9.17, 15) is 18.7 Å². The second kappa shape index (κ2) is 12.1. The second-order valence-electron chi connectivity index (χ2n) is 9.37. The average Bonchev–Trinajstić information content (AvgIpc) is 2.89. The molecule has 2 aromatic carbocycles. The van der Waals surface area contributed by atoms with Crippen LogP contribution in [0.25, 0.3) is 10.9 Å². The first-order chi connectivity index (χ1) is 17.9. The maximum absolute atomic E-state index is 15.4. The first-order valence-electron chi connectivity index (χ1n) is 12.3. The molecule has 1 aliphatic heterocycles. The molecule has 0 bridgehead atoms. The monoisotopic (exact) mass is 510 g/mol. The summed E-state index contributed by atoms with van der Waals surface area (Å²) in [6, 6.07) is 10.9. The van der Waals surface area contributed by atoms with Gasteiger partial charge in [0, 0.05) is 24.5 Å². The Kier molecular flexibility index (Phi) is 8.67. The molecule has 1 aliphatic rings. The zero-order chi connectivity index (χ0) is 26.4. The van der Waals surface area contributed by atoms with E-state index in [0.717, 1.165) is 6.07 Å². The molecule has 8 heteroatoms. The highest BCUT2D eigenvalue weighted by atomic mass is 19.2. The standard InChI is InChI=1S/C29H29F3N2O3/c1-37-22-8-10-27-24(17-22)23(11-13-33-27)25(30)9-7-19-12-15-34(18-21(19)16-28(35)36)14-3-5-20-4-2-6-26(31)29(20)32/h2,4,6,8,10-11,13,17,19,21,25H,7,9,12,14-16,18H2,1H3,(H,35,36)/t19-,21+,25?/m1/s1. The first kappa shape index (κ1) is 26.5. The van der Waals surface area contributed by atoms with Gasteiger partial charge >= 0.3 is 5.97 Å². The van der Waals surface area contributed by atoms with Gasteiger partial charge in [0.25, 0.3) is 0 Å². The summed E-state index contributed by atoms with van der Waals surface area (Å²) >= 11 is 0. The number of aliphatic carboxylic acids is 1. The minimum absolute atomic E-state index is 0.00721. The van der Waals surface area contributed by atoms with E-state index < -0.39 is 23.8 Å². The molecule has 1 fully saturated rings. The van der Waals surface area contributed by atoms with Crippen molar-refractivity contribution in [1.29, 1.82) is 0 Å². The van der Waals surface area contributed by atoms with Gasteiger partial charge in [0.15, 0.2) is 11.6 Å². The van der Waals surface area contributed by atoms with Crippen molar-refractivity contribution in [2.45, 2.75) is 31.9 Å². The number of nitrogens with zero attached hydrogens (tertiary/aromatic N) is 2. The van der Waals surface area contributed by atoms with Gasteiger partial charge in [-0.1, -0.05) is 17.9 Å². The van der Waals surface area contributed by atoms with Gasteiger partial charge in [-0.25, -0.2) is 13.2 Å². The molecule has 5 nitrogen and oxygen atoms in total. The van der Waals surface area contributed by atoms with E-state index in [2.05, 4.69) is 16.8 Å². The van der Waals surface area contributed by atoms with Gasteiger partial charge in [-0.15, -0.1) is 0 Å². The number of carbonyl (C=O) groups is 1. The zero-order valence-corrected chi connectivity index (χ0v) is 20.6. The number of piperidine rings is 1. The fraction of sp³-hybridized carbons (Fsp3) is 0.379. The second-order valence-corrected chi connectivity index (χ2v) is 9.37. The largest absolute Gasteiger partial charge is 0.497 e. The van der Waals surface area contributed by atoms with E-state index in [4.69, 9.17) is 4.74 Å². The van der Waals surface area contributed by atoms with Gasteiger partial charge in [0.1, 0.15) is 11.9 Å². The number of aromatic nitrogens is 1. The number of methoxy groups -OCH3 is 1. The Hall–Kier alpha value is -3.57. The van der Waals surface area contributed by atoms with Gasteiger partial charge < -0.3 is 9.84 Å². The third-order valence-corrected chi connectivity index (χ3v) is 7.00. The number of fused-ring (bicyclic) bond motifs is 1. The lowest BCUT2D eigenvalue weighted by Gasteiger charge is -2.37. The highest BCUT2D eigenvalue weighted by Crippen LogP contribution is 2.36. The molecule has 0 amide bonds. The fourth-order valence-corrected chi connectivity index (χ4v) is 5.04. The number of pyridine rings is 1. The van der Waals surface area contributed by atoms with Crippen LogP contribution in [0.3, 0.4) is 0 Å². The molecule has 3 aromatic rings. The van der Waals surface area contributed by atoms with Crippen molar-refractivity contribution in [3.05, 3.63) is 71.4 Å². The van der Waals surface area contributed by atoms with Crippen LogP contribution in [0, 0.1) is 35.3 Å². The molecule has 0 radical (unpaired) electrons. The molecule has 4 rings (SSSR count). The normalized spacial score (nSPS) is 18.7. The minimum atomic E-state index is -1.21. The van der Waals surface area contributed by atoms with Crippen LogP contribution in [0.15, 0.2) is 48.7 Å². The molecule has 1 unspecified atom stereocenters. The first-order valence-corrected chi connectivity index (χ1v) is 12.3. The number of ether oxygens (including phenoxy) is 1. The molecule has 1 N–H and O–H groups in total. The molecule has 2 heterocycles. The number of hydrogen-bond donors (Lipinski definition) is 1. The number of carboxylic acids is 1. The summed E-state index contributed by atoms with van der Waals surface area (Å²) in [5.74, 6) is 3.26. The van der Waals surface area contributed by atoms with Crippen molar-refractivity contribution in [1.82, 2.24) is 9.88 Å². The molecule has 1 aromatic heterocycles. The Morgan fingerprint density at radius 3 is 2.86 bits per heavy atom. The van der Waals surface area contributed by atoms with Crippen molar-refractivity contribution >= 4 is 16.9 Å². The van der Waals surface area contributed by atoms with Crippen molar-refractivity contribution < 1.29 is 27.8 Å². The number of benzene rings is 2. The molecular weight excluding hydrogens is 481 g/mol. The van der Waals surface area contributed by atoms with Gasteiger partial charge in [-0.2, -0.15) is 0 Å². The predicted octanol–water partition coefficient (Wildman–Crippen LogP) is 5.78. The zero-order valence-electron chi connectivity index (χ0n) is 20.6. The third-order valence-electron chi connectivity index (χ3n) is 7.00. The van der Waals surface area contributed by atoms with Crippen molar-refractivity contribution in [2.24, 2.45) is 11.8 Å². The number of hydrogen-bond acceptors (Lipinski definition) is 4. The Morgan fingerprint density at radius 1 is 1.24 bits per heavy atom. The summed E-state index contributed by atoms with van der Waals surface area (Å²) < 4.78 is 47.9. The maximum Gasteiger partial charge on any atom is 0.303 e. The van der Waals surface area contributed by atoms with Crippen LogP contribution >= 0.6 is 0 Å². The van der Waals surface area contributed by atoms with Crippen molar-refractivity contribution in [3.8, 4) is 17.6 Å². The summed E-state index contributed by atoms with van der Waals surface area (Å²) in [6.45, 7) is 1.49. The SMILES string of the molecule is COc1ccc2nccc(C(F)CC[C@@H]3CCN(CC#Cc4cccc(F)c4F)C[C@@H]3CC(=O)O)c2c1. The lowest BCUT2D eigenvalue weighted by Crippen LogP contribution is -2.41. The van der Waals surface area contributed by atoms with Crippen LogP contribution in [-0.2, 0) is 4.79 Å². The summed E-state index contributed by atoms with van der Waals surface area (Å²) in [5.41, 5.74) is 1.24. The van der Waals surface area contributed by atoms with Crippen molar-refractivity contribution in [3.63, 3.8) is 0 Å². The summed E-state index contributed by atoms with van der Waals surface area (Å²) in [7, 11) is 1.56. The molecule has 194 valence electrons. The summed E-state index contributed by atoms with van der Waals surface area (Å²) in [5, 5.41) is 10.2. The topological polar surface area (TPSA) is 62.7 Å². The number of carboxylic acid groups (broad SMARTS) is 1. The van der Waals surface area contributed by atoms with E-state index in [-0.39, 0.29) is 30.2 Å². The Balaban J connectivity index is 1.40. The smallest absolute Gasteiger partial charge is 0.303 e. The van der Waals surface area contributed by atoms with E-state index in [1.807, 2.05) is 4.90 Å². The van der Waals surface area contributed by atoms with E-state index in [1.165, 1.54) is 12.1 Å². The van der Waals surface area contributed by atoms with E-state index >= 15 is 4.39 Å². The Labute approximate surface area is 214 Å². The minimum Gasteiger partial charge on any atom is -0.497 e. The average molecular weight is 511 g/mol. The van der Waals surface area contributed by atoms with Crippen LogP contribution in [-0.4, -0.2) is 47.7 Å². The van der Waals surface area contributed by atoms with Crippen molar-refractivity contribution in [2.75, 3.05) is 26.7 Å². The highest BCUT2D eigenvalue weighted by Gasteiger charge is 2.31. The van der Waals surface area contributed by atoms with E-state index in [0.29, 0.717) is 54.7 Å². The quantitative estimate of drug-likeness (QED) is 0.390. The lowest BCUT2D eigenvalue weighted by molar-refractivity contribution is -0.139. The lowest BCUT2D eigenvalue weighted by atomic mass is 9.79. The predicted molar refractivity (Wildman–Crippen MR) is 135 cm³/mol. The molecule has 3 atom stereocenters. The summed E-state index contributed by atoms with van der Waals surface area (Å²) in [6.07, 6.45) is 1.91. The van der Waals surface area contributed by atoms with Gasteiger partial charge in [-0.05, 0) is 79.6 Å². The number of halogens is 3. The van der Waals surface area contributed by atoms with Crippen LogP contribution in [0.2, 0.25) is 0 Å². The van der Waals surface area contributed by atoms with E-state index in [1.54, 1.807) is 37.6 Å². The molecule has 0 spiro atoms. The Morgan fingerprint density at radius 2 is 2.08 bits per heavy atom. The van der Waals surface area contributed by atoms with Crippen LogP contribution in [0.5, 0.6) is 5.75 Å². The van der Waals surface area contributed by atoms with Gasteiger partial charge in [0.05, 0.1) is 24.7 Å². The van der Waals surface area contributed by atoms with Crippen LogP contribution in [0.1, 0.15) is 43.0 Å². The van der Waals surface area contributed by atoms with Crippen LogP contribution < -0.4 is 4.74 Å². The maximum atomic E-state index is 15.4. The Bertz CT molecular complexity index is 1320. The summed E-state index contributed by atoms with van der Waals surface area (Å²) in [4.78, 5) is 17.9. The number of rotatable bonds is 8. The number of likely N-dealkylation sites (tertiary alicyclic amines) is 1. The highest BCUT2D eigenvalue weighted by molar-refractivity contribution is 5.83. The van der Waals surface area contributed by atoms with Gasteiger partial charge in [-0.3, -0.25) is 14.7 Å². The number of alkyl halides is 1. The molecule has 37 heavy (non-hydrogen) atoms. The third kappa shape index (κ3) is 6.60. The fourth-order valence-electron chi connectivity index (χ4n) is 5.04. The van der Waals surface area contributed by atoms with Crippen LogP contribution in [0.4, 0.5) is 13.2 Å². The molecule has 1 saturated heterocycles. The molecule has 0 saturated carbocycles.